The fourth-order valence-electron chi connectivity index (χ4n) is 2.23. The van der Waals surface area contributed by atoms with E-state index in [0.717, 1.165) is 32.8 Å². The van der Waals surface area contributed by atoms with Gasteiger partial charge in [0.25, 0.3) is 0 Å². The van der Waals surface area contributed by atoms with Gasteiger partial charge in [-0.15, -0.1) is 0 Å². The minimum Gasteiger partial charge on any atom is -0.454 e. The Hall–Kier alpha value is -2.42. The van der Waals surface area contributed by atoms with E-state index in [1.807, 2.05) is 24.3 Å². The van der Waals surface area contributed by atoms with Crippen LogP contribution in [0, 0.1) is 0 Å². The second-order valence-corrected chi connectivity index (χ2v) is 4.00. The second-order valence-electron chi connectivity index (χ2n) is 4.00. The number of nitrogens with zero attached hydrogens (tertiary/aromatic N) is 2. The Balaban J connectivity index is 2.34. The number of fused-ring (bicyclic) bond motifs is 5. The van der Waals surface area contributed by atoms with Gasteiger partial charge in [-0.05, 0) is 12.1 Å². The first-order chi connectivity index (χ1) is 8.43. The number of hydrogen-bond acceptors (Lipinski definition) is 3. The SMILES string of the molecule is c1ccc2c(c1)oc1c2ccc2cncnc21. The number of rotatable bonds is 0. The van der Waals surface area contributed by atoms with Crippen molar-refractivity contribution in [1.29, 1.82) is 0 Å². The van der Waals surface area contributed by atoms with E-state index in [1.54, 1.807) is 12.5 Å². The summed E-state index contributed by atoms with van der Waals surface area (Å²) in [5.41, 5.74) is 2.61. The summed E-state index contributed by atoms with van der Waals surface area (Å²) in [6, 6.07) is 12.1. The Morgan fingerprint density at radius 1 is 0.941 bits per heavy atom. The maximum absolute atomic E-state index is 5.88. The second kappa shape index (κ2) is 3.04. The largest absolute Gasteiger partial charge is 0.454 e. The molecular formula is C14H8N2O. The molecule has 0 amide bonds. The lowest BCUT2D eigenvalue weighted by Crippen LogP contribution is -1.80. The summed E-state index contributed by atoms with van der Waals surface area (Å²) < 4.78 is 5.88. The summed E-state index contributed by atoms with van der Waals surface area (Å²) in [4.78, 5) is 8.32. The van der Waals surface area contributed by atoms with Gasteiger partial charge in [-0.25, -0.2) is 9.97 Å². The van der Waals surface area contributed by atoms with Gasteiger partial charge < -0.3 is 4.42 Å². The summed E-state index contributed by atoms with van der Waals surface area (Å²) in [7, 11) is 0. The Bertz CT molecular complexity index is 848. The molecule has 0 fully saturated rings. The molecule has 0 spiro atoms. The average Bonchev–Trinajstić information content (AvgIpc) is 2.78. The summed E-state index contributed by atoms with van der Waals surface area (Å²) in [6.07, 6.45) is 3.35. The van der Waals surface area contributed by atoms with Crippen LogP contribution in [0.4, 0.5) is 0 Å². The molecule has 3 nitrogen and oxygen atoms in total. The van der Waals surface area contributed by atoms with Gasteiger partial charge in [0.05, 0.1) is 0 Å². The van der Waals surface area contributed by atoms with Crippen molar-refractivity contribution in [2.75, 3.05) is 0 Å². The van der Waals surface area contributed by atoms with Gasteiger partial charge in [-0.3, -0.25) is 0 Å². The van der Waals surface area contributed by atoms with Crippen molar-refractivity contribution in [3.63, 3.8) is 0 Å². The fraction of sp³-hybridized carbons (Fsp3) is 0. The maximum Gasteiger partial charge on any atom is 0.161 e. The average molecular weight is 220 g/mol. The predicted molar refractivity (Wildman–Crippen MR) is 66.8 cm³/mol. The zero-order chi connectivity index (χ0) is 11.2. The van der Waals surface area contributed by atoms with Crippen molar-refractivity contribution < 1.29 is 4.42 Å². The van der Waals surface area contributed by atoms with Gasteiger partial charge >= 0.3 is 0 Å². The number of furan rings is 1. The normalized spacial score (nSPS) is 11.5. The van der Waals surface area contributed by atoms with Crippen LogP contribution < -0.4 is 0 Å². The molecule has 0 bridgehead atoms. The van der Waals surface area contributed by atoms with Crippen molar-refractivity contribution >= 4 is 32.8 Å². The van der Waals surface area contributed by atoms with Crippen LogP contribution in [0.3, 0.4) is 0 Å². The van der Waals surface area contributed by atoms with Gasteiger partial charge in [0.15, 0.2) is 5.58 Å². The van der Waals surface area contributed by atoms with E-state index in [9.17, 15) is 0 Å². The first-order valence-corrected chi connectivity index (χ1v) is 5.43. The Labute approximate surface area is 96.7 Å². The number of benzene rings is 2. The van der Waals surface area contributed by atoms with Gasteiger partial charge in [0.1, 0.15) is 17.4 Å². The van der Waals surface area contributed by atoms with E-state index < -0.39 is 0 Å². The van der Waals surface area contributed by atoms with Gasteiger partial charge in [0.2, 0.25) is 0 Å². The van der Waals surface area contributed by atoms with E-state index in [1.165, 1.54) is 0 Å². The Kier molecular flexibility index (Phi) is 1.56. The van der Waals surface area contributed by atoms with E-state index in [0.29, 0.717) is 0 Å². The third-order valence-corrected chi connectivity index (χ3v) is 3.02. The topological polar surface area (TPSA) is 38.9 Å². The zero-order valence-corrected chi connectivity index (χ0v) is 8.92. The van der Waals surface area contributed by atoms with Crippen molar-refractivity contribution in [1.82, 2.24) is 9.97 Å². The molecule has 2 aromatic heterocycles. The lowest BCUT2D eigenvalue weighted by atomic mass is 10.1. The molecule has 0 atom stereocenters. The first kappa shape index (κ1) is 8.70. The van der Waals surface area contributed by atoms with Crippen molar-refractivity contribution in [2.24, 2.45) is 0 Å². The highest BCUT2D eigenvalue weighted by molar-refractivity contribution is 6.13. The summed E-state index contributed by atoms with van der Waals surface area (Å²) in [5.74, 6) is 0. The van der Waals surface area contributed by atoms with Crippen LogP contribution in [0.15, 0.2) is 53.3 Å². The smallest absolute Gasteiger partial charge is 0.161 e. The van der Waals surface area contributed by atoms with Crippen LogP contribution in [0.25, 0.3) is 32.8 Å². The lowest BCUT2D eigenvalue weighted by Gasteiger charge is -1.95. The predicted octanol–water partition coefficient (Wildman–Crippen LogP) is 3.53. The molecule has 80 valence electrons. The van der Waals surface area contributed by atoms with Crippen LogP contribution in [0.1, 0.15) is 0 Å². The fourth-order valence-corrected chi connectivity index (χ4v) is 2.23. The molecule has 4 aromatic rings. The molecular weight excluding hydrogens is 212 g/mol. The number of para-hydroxylation sites is 1. The minimum atomic E-state index is 0.839. The van der Waals surface area contributed by atoms with Crippen LogP contribution in [-0.2, 0) is 0 Å². The highest BCUT2D eigenvalue weighted by Gasteiger charge is 2.09. The maximum atomic E-state index is 5.88. The van der Waals surface area contributed by atoms with Crippen LogP contribution in [-0.4, -0.2) is 9.97 Å². The molecule has 0 aliphatic rings. The van der Waals surface area contributed by atoms with Gasteiger partial charge in [-0.1, -0.05) is 24.3 Å². The van der Waals surface area contributed by atoms with Gasteiger partial charge in [-0.2, -0.15) is 0 Å². The highest BCUT2D eigenvalue weighted by Crippen LogP contribution is 2.32. The Morgan fingerprint density at radius 3 is 2.88 bits per heavy atom. The first-order valence-electron chi connectivity index (χ1n) is 5.43. The monoisotopic (exact) mass is 220 g/mol. The van der Waals surface area contributed by atoms with Crippen molar-refractivity contribution in [3.8, 4) is 0 Å². The van der Waals surface area contributed by atoms with Crippen molar-refractivity contribution in [3.05, 3.63) is 48.9 Å². The van der Waals surface area contributed by atoms with E-state index >= 15 is 0 Å². The summed E-state index contributed by atoms with van der Waals surface area (Å²) in [6.45, 7) is 0. The molecule has 0 unspecified atom stereocenters. The summed E-state index contributed by atoms with van der Waals surface area (Å²) in [5, 5.41) is 3.23. The standard InChI is InChI=1S/C14H8N2O/c1-2-4-12-10(3-1)11-6-5-9-7-15-8-16-13(9)14(11)17-12/h1-8H. The molecule has 0 radical (unpaired) electrons. The van der Waals surface area contributed by atoms with E-state index in [4.69, 9.17) is 4.42 Å². The quantitative estimate of drug-likeness (QED) is 0.455. The number of hydrogen-bond donors (Lipinski definition) is 0. The van der Waals surface area contributed by atoms with Crippen LogP contribution in [0.2, 0.25) is 0 Å². The van der Waals surface area contributed by atoms with Crippen LogP contribution >= 0.6 is 0 Å². The number of aromatic nitrogens is 2. The van der Waals surface area contributed by atoms with Crippen molar-refractivity contribution in [2.45, 2.75) is 0 Å². The van der Waals surface area contributed by atoms with E-state index in [-0.39, 0.29) is 0 Å². The zero-order valence-electron chi connectivity index (χ0n) is 8.92. The Morgan fingerprint density at radius 2 is 1.88 bits per heavy atom. The molecule has 2 heterocycles. The molecule has 0 aliphatic heterocycles. The highest BCUT2D eigenvalue weighted by atomic mass is 16.3. The van der Waals surface area contributed by atoms with Crippen LogP contribution in [0.5, 0.6) is 0 Å². The molecule has 17 heavy (non-hydrogen) atoms. The molecule has 0 saturated carbocycles. The molecule has 3 heteroatoms. The summed E-state index contributed by atoms with van der Waals surface area (Å²) >= 11 is 0. The third-order valence-electron chi connectivity index (χ3n) is 3.02. The molecule has 4 rings (SSSR count). The molecule has 0 aliphatic carbocycles. The molecule has 0 saturated heterocycles. The van der Waals surface area contributed by atoms with Gasteiger partial charge in [0, 0.05) is 22.4 Å². The third kappa shape index (κ3) is 1.11. The van der Waals surface area contributed by atoms with E-state index in [2.05, 4.69) is 22.1 Å². The molecule has 2 aromatic carbocycles. The lowest BCUT2D eigenvalue weighted by molar-refractivity contribution is 0.671. The minimum absolute atomic E-state index is 0.839. The molecule has 0 N–H and O–H groups in total.